The summed E-state index contributed by atoms with van der Waals surface area (Å²) in [5.41, 5.74) is 2.92. The van der Waals surface area contributed by atoms with Crippen LogP contribution in [0.2, 0.25) is 0 Å². The van der Waals surface area contributed by atoms with Crippen LogP contribution < -0.4 is 5.32 Å². The van der Waals surface area contributed by atoms with Crippen molar-refractivity contribution < 1.29 is 9.18 Å². The molecule has 4 aromatic rings. The normalized spacial score (nSPS) is 11.2. The number of halogens is 1. The van der Waals surface area contributed by atoms with Gasteiger partial charge < -0.3 is 14.9 Å². The van der Waals surface area contributed by atoms with E-state index in [4.69, 9.17) is 0 Å². The Hall–Kier alpha value is -3.08. The second-order valence-corrected chi connectivity index (χ2v) is 5.53. The lowest BCUT2D eigenvalue weighted by molar-refractivity contribution is 0.102. The highest BCUT2D eigenvalue weighted by molar-refractivity contribution is 6.09. The van der Waals surface area contributed by atoms with Crippen LogP contribution in [0.1, 0.15) is 10.5 Å². The third-order valence-electron chi connectivity index (χ3n) is 4.00. The summed E-state index contributed by atoms with van der Waals surface area (Å²) in [5.74, 6) is -0.574. The number of hydrogen-bond donors (Lipinski definition) is 2. The van der Waals surface area contributed by atoms with E-state index in [1.54, 1.807) is 12.1 Å². The molecule has 1 amide bonds. The van der Waals surface area contributed by atoms with E-state index < -0.39 is 0 Å². The second-order valence-electron chi connectivity index (χ2n) is 5.53. The summed E-state index contributed by atoms with van der Waals surface area (Å²) >= 11 is 0. The number of carbonyl (C=O) groups excluding carboxylic acids is 1. The van der Waals surface area contributed by atoms with Crippen molar-refractivity contribution in [3.05, 3.63) is 66.2 Å². The lowest BCUT2D eigenvalue weighted by atomic mass is 10.2. The molecule has 2 aromatic carbocycles. The van der Waals surface area contributed by atoms with Gasteiger partial charge in [0.15, 0.2) is 0 Å². The Bertz CT molecular complexity index is 1040. The van der Waals surface area contributed by atoms with Gasteiger partial charge >= 0.3 is 0 Å². The highest BCUT2D eigenvalue weighted by Crippen LogP contribution is 2.25. The third-order valence-corrected chi connectivity index (χ3v) is 4.00. The van der Waals surface area contributed by atoms with Gasteiger partial charge in [0.05, 0.1) is 5.69 Å². The molecule has 0 aliphatic carbocycles. The Morgan fingerprint density at radius 3 is 2.91 bits per heavy atom. The van der Waals surface area contributed by atoms with Gasteiger partial charge in [-0.3, -0.25) is 4.79 Å². The highest BCUT2D eigenvalue weighted by atomic mass is 19.1. The largest absolute Gasteiger partial charge is 0.351 e. The molecule has 4 rings (SSSR count). The summed E-state index contributed by atoms with van der Waals surface area (Å²) in [6.07, 6.45) is 1.95. The number of fused-ring (bicyclic) bond motifs is 2. The molecule has 0 unspecified atom stereocenters. The minimum Gasteiger partial charge on any atom is -0.351 e. The van der Waals surface area contributed by atoms with Gasteiger partial charge in [-0.25, -0.2) is 4.39 Å². The molecular formula is C18H14FN3O. The number of aryl methyl sites for hydroxylation is 1. The van der Waals surface area contributed by atoms with Gasteiger partial charge in [-0.05, 0) is 42.5 Å². The molecule has 4 nitrogen and oxygen atoms in total. The minimum atomic E-state index is -0.322. The van der Waals surface area contributed by atoms with Crippen molar-refractivity contribution in [1.29, 1.82) is 0 Å². The molecule has 2 N–H and O–H groups in total. The smallest absolute Gasteiger partial charge is 0.272 e. The van der Waals surface area contributed by atoms with Crippen LogP contribution >= 0.6 is 0 Å². The van der Waals surface area contributed by atoms with Crippen LogP contribution in [0.15, 0.2) is 54.7 Å². The number of anilines is 1. The van der Waals surface area contributed by atoms with E-state index in [9.17, 15) is 9.18 Å². The average Bonchev–Trinajstić information content (AvgIpc) is 3.12. The van der Waals surface area contributed by atoms with Gasteiger partial charge in [0.1, 0.15) is 11.5 Å². The molecule has 0 aliphatic rings. The first-order chi connectivity index (χ1) is 11.1. The summed E-state index contributed by atoms with van der Waals surface area (Å²) in [6, 6.07) is 13.8. The number of amides is 1. The molecule has 23 heavy (non-hydrogen) atoms. The molecule has 0 fully saturated rings. The molecule has 0 aliphatic heterocycles. The first kappa shape index (κ1) is 13.6. The predicted octanol–water partition coefficient (Wildman–Crippen LogP) is 4.05. The fraction of sp³-hybridized carbons (Fsp3) is 0.0556. The van der Waals surface area contributed by atoms with Crippen LogP contribution in [0.25, 0.3) is 21.8 Å². The van der Waals surface area contributed by atoms with Gasteiger partial charge in [0.25, 0.3) is 5.91 Å². The van der Waals surface area contributed by atoms with Crippen LogP contribution in [0.5, 0.6) is 0 Å². The van der Waals surface area contributed by atoms with E-state index in [0.717, 1.165) is 22.1 Å². The van der Waals surface area contributed by atoms with Crippen molar-refractivity contribution in [2.24, 2.45) is 7.05 Å². The third kappa shape index (κ3) is 2.26. The monoisotopic (exact) mass is 307 g/mol. The van der Waals surface area contributed by atoms with Crippen LogP contribution in [-0.4, -0.2) is 15.5 Å². The van der Waals surface area contributed by atoms with Gasteiger partial charge in [-0.15, -0.1) is 0 Å². The van der Waals surface area contributed by atoms with Crippen molar-refractivity contribution in [2.45, 2.75) is 0 Å². The Balaban J connectivity index is 1.70. The Morgan fingerprint density at radius 2 is 2.04 bits per heavy atom. The molecule has 0 spiro atoms. The van der Waals surface area contributed by atoms with Gasteiger partial charge in [-0.2, -0.15) is 0 Å². The second kappa shape index (κ2) is 4.98. The number of aromatic amines is 1. The lowest BCUT2D eigenvalue weighted by Gasteiger charge is -2.06. The zero-order chi connectivity index (χ0) is 16.0. The van der Waals surface area contributed by atoms with Crippen LogP contribution in [0, 0.1) is 5.82 Å². The van der Waals surface area contributed by atoms with Crippen molar-refractivity contribution in [3.8, 4) is 0 Å². The van der Waals surface area contributed by atoms with Gasteiger partial charge in [-0.1, -0.05) is 6.07 Å². The molecule has 0 saturated heterocycles. The maximum atomic E-state index is 13.3. The number of carbonyl (C=O) groups is 1. The van der Waals surface area contributed by atoms with Crippen molar-refractivity contribution in [1.82, 2.24) is 9.55 Å². The first-order valence-electron chi connectivity index (χ1n) is 7.25. The van der Waals surface area contributed by atoms with Crippen molar-refractivity contribution in [2.75, 3.05) is 5.32 Å². The molecule has 0 radical (unpaired) electrons. The first-order valence-corrected chi connectivity index (χ1v) is 7.25. The summed E-state index contributed by atoms with van der Waals surface area (Å²) in [5, 5.41) is 4.56. The fourth-order valence-corrected chi connectivity index (χ4v) is 2.83. The van der Waals surface area contributed by atoms with Gasteiger partial charge in [0, 0.05) is 35.1 Å². The number of nitrogens with one attached hydrogen (secondary N) is 2. The summed E-state index contributed by atoms with van der Waals surface area (Å²) in [7, 11) is 1.96. The molecule has 5 heteroatoms. The van der Waals surface area contributed by atoms with Crippen LogP contribution in [-0.2, 0) is 7.05 Å². The zero-order valence-electron chi connectivity index (χ0n) is 12.4. The molecule has 0 atom stereocenters. The Morgan fingerprint density at radius 1 is 1.17 bits per heavy atom. The van der Waals surface area contributed by atoms with E-state index >= 15 is 0 Å². The number of rotatable bonds is 2. The van der Waals surface area contributed by atoms with Gasteiger partial charge in [0.2, 0.25) is 0 Å². The average molecular weight is 307 g/mol. The maximum absolute atomic E-state index is 13.3. The quantitative estimate of drug-likeness (QED) is 0.576. The molecule has 2 aromatic heterocycles. The number of aromatic nitrogens is 2. The summed E-state index contributed by atoms with van der Waals surface area (Å²) < 4.78 is 15.3. The molecule has 114 valence electrons. The number of benzene rings is 2. The van der Waals surface area contributed by atoms with Crippen molar-refractivity contribution >= 4 is 33.4 Å². The Kier molecular flexibility index (Phi) is 2.94. The topological polar surface area (TPSA) is 49.8 Å². The number of hydrogen-bond acceptors (Lipinski definition) is 1. The van der Waals surface area contributed by atoms with Crippen LogP contribution in [0.4, 0.5) is 10.1 Å². The standard InChI is InChI=1S/C18H14FN3O/c1-22-8-7-13-15(3-2-4-17(13)22)21-18(23)16-10-11-9-12(19)5-6-14(11)20-16/h2-10,20H,1H3,(H,21,23). The molecule has 0 bridgehead atoms. The summed E-state index contributed by atoms with van der Waals surface area (Å²) in [6.45, 7) is 0. The lowest BCUT2D eigenvalue weighted by Crippen LogP contribution is -2.12. The summed E-state index contributed by atoms with van der Waals surface area (Å²) in [4.78, 5) is 15.5. The van der Waals surface area contributed by atoms with Crippen molar-refractivity contribution in [3.63, 3.8) is 0 Å². The fourth-order valence-electron chi connectivity index (χ4n) is 2.83. The van der Waals surface area contributed by atoms with E-state index in [0.29, 0.717) is 11.1 Å². The van der Waals surface area contributed by atoms with E-state index in [-0.39, 0.29) is 11.7 Å². The minimum absolute atomic E-state index is 0.252. The number of H-pyrrole nitrogens is 1. The maximum Gasteiger partial charge on any atom is 0.272 e. The highest BCUT2D eigenvalue weighted by Gasteiger charge is 2.12. The number of nitrogens with zero attached hydrogens (tertiary/aromatic N) is 1. The molecule has 0 saturated carbocycles. The zero-order valence-corrected chi connectivity index (χ0v) is 12.4. The molecule has 2 heterocycles. The van der Waals surface area contributed by atoms with Crippen LogP contribution in [0.3, 0.4) is 0 Å². The van der Waals surface area contributed by atoms with E-state index in [1.165, 1.54) is 12.1 Å². The predicted molar refractivity (Wildman–Crippen MR) is 89.1 cm³/mol. The van der Waals surface area contributed by atoms with E-state index in [1.807, 2.05) is 42.1 Å². The molecular weight excluding hydrogens is 293 g/mol. The SMILES string of the molecule is Cn1ccc2c(NC(=O)c3cc4cc(F)ccc4[nH]3)cccc21. The van der Waals surface area contributed by atoms with E-state index in [2.05, 4.69) is 10.3 Å². The Labute approximate surface area is 131 Å².